The van der Waals surface area contributed by atoms with Crippen LogP contribution in [0, 0.1) is 0 Å². The van der Waals surface area contributed by atoms with E-state index in [4.69, 9.17) is 4.74 Å². The topological polar surface area (TPSA) is 47.4 Å². The number of morpholine rings is 1. The van der Waals surface area contributed by atoms with Gasteiger partial charge in [-0.3, -0.25) is 9.48 Å². The van der Waals surface area contributed by atoms with Crippen LogP contribution in [0.1, 0.15) is 29.1 Å². The molecular weight excluding hydrogens is 324 g/mol. The number of carbonyl (C=O) groups is 1. The van der Waals surface area contributed by atoms with Crippen molar-refractivity contribution in [1.29, 1.82) is 0 Å². The molecule has 8 heteroatoms. The molecule has 0 saturated carbocycles. The highest BCUT2D eigenvalue weighted by Crippen LogP contribution is 2.27. The number of alkyl halides is 2. The van der Waals surface area contributed by atoms with Gasteiger partial charge in [-0.2, -0.15) is 16.4 Å². The Morgan fingerprint density at radius 3 is 3.00 bits per heavy atom. The van der Waals surface area contributed by atoms with Gasteiger partial charge in [0.1, 0.15) is 18.3 Å². The number of hydrogen-bond acceptors (Lipinski definition) is 4. The van der Waals surface area contributed by atoms with Crippen molar-refractivity contribution in [2.24, 2.45) is 0 Å². The summed E-state index contributed by atoms with van der Waals surface area (Å²) >= 11 is 1.57. The van der Waals surface area contributed by atoms with Crippen LogP contribution >= 0.6 is 11.3 Å². The minimum absolute atomic E-state index is 0.121. The Hall–Kier alpha value is -1.80. The summed E-state index contributed by atoms with van der Waals surface area (Å²) in [6.07, 6.45) is -1.50. The van der Waals surface area contributed by atoms with Crippen LogP contribution in [0.2, 0.25) is 0 Å². The van der Waals surface area contributed by atoms with Gasteiger partial charge in [-0.1, -0.05) is 0 Å². The molecule has 1 fully saturated rings. The molecule has 1 amide bonds. The second-order valence-electron chi connectivity index (χ2n) is 5.49. The average Bonchev–Trinajstić information content (AvgIpc) is 3.16. The zero-order chi connectivity index (χ0) is 16.4. The zero-order valence-corrected chi connectivity index (χ0v) is 13.4. The second-order valence-corrected chi connectivity index (χ2v) is 6.27. The van der Waals surface area contributed by atoms with E-state index in [1.807, 2.05) is 23.8 Å². The lowest BCUT2D eigenvalue weighted by molar-refractivity contribution is -0.0693. The number of halogens is 2. The highest BCUT2D eigenvalue weighted by Gasteiger charge is 2.31. The molecule has 124 valence electrons. The summed E-state index contributed by atoms with van der Waals surface area (Å²) in [6, 6.07) is 3.45. The molecule has 0 N–H and O–H groups in total. The number of carbonyl (C=O) groups excluding carboxylic acids is 1. The van der Waals surface area contributed by atoms with Crippen LogP contribution in [0.3, 0.4) is 0 Å². The first-order chi connectivity index (χ1) is 11.0. The van der Waals surface area contributed by atoms with Crippen LogP contribution in [-0.4, -0.2) is 46.2 Å². The van der Waals surface area contributed by atoms with Gasteiger partial charge in [-0.05, 0) is 35.4 Å². The molecule has 0 radical (unpaired) electrons. The fraction of sp³-hybridized carbons (Fsp3) is 0.467. The van der Waals surface area contributed by atoms with Crippen molar-refractivity contribution in [3.8, 4) is 0 Å². The molecule has 1 aliphatic rings. The van der Waals surface area contributed by atoms with E-state index in [0.717, 1.165) is 10.2 Å². The molecule has 3 heterocycles. The SMILES string of the molecule is C[C@H]1CN(C(=O)c2ccnn2CC(F)F)C[C@H](c2ccsc2)O1. The van der Waals surface area contributed by atoms with Gasteiger partial charge in [-0.15, -0.1) is 0 Å². The minimum atomic E-state index is -2.55. The quantitative estimate of drug-likeness (QED) is 0.859. The van der Waals surface area contributed by atoms with Gasteiger partial charge in [0.25, 0.3) is 12.3 Å². The molecule has 0 aliphatic carbocycles. The average molecular weight is 341 g/mol. The van der Waals surface area contributed by atoms with Crippen LogP contribution in [0.4, 0.5) is 8.78 Å². The number of hydrogen-bond donors (Lipinski definition) is 0. The standard InChI is InChI=1S/C15H17F2N3O2S/c1-10-6-19(7-13(22-10)11-3-5-23-9-11)15(21)12-2-4-18-20(12)8-14(16)17/h2-5,9-10,13-14H,6-8H2,1H3/t10-,13+/m0/s1. The van der Waals surface area contributed by atoms with Gasteiger partial charge < -0.3 is 9.64 Å². The largest absolute Gasteiger partial charge is 0.367 e. The number of aromatic nitrogens is 2. The highest BCUT2D eigenvalue weighted by molar-refractivity contribution is 7.07. The van der Waals surface area contributed by atoms with Crippen LogP contribution in [-0.2, 0) is 11.3 Å². The van der Waals surface area contributed by atoms with Gasteiger partial charge in [0, 0.05) is 12.7 Å². The summed E-state index contributed by atoms with van der Waals surface area (Å²) in [5.74, 6) is -0.293. The fourth-order valence-electron chi connectivity index (χ4n) is 2.71. The number of thiophene rings is 1. The van der Waals surface area contributed by atoms with Crippen molar-refractivity contribution in [3.05, 3.63) is 40.3 Å². The Kier molecular flexibility index (Phi) is 4.72. The van der Waals surface area contributed by atoms with Crippen LogP contribution in [0.25, 0.3) is 0 Å². The third-order valence-electron chi connectivity index (χ3n) is 3.71. The van der Waals surface area contributed by atoms with Gasteiger partial charge in [0.2, 0.25) is 0 Å². The van der Waals surface area contributed by atoms with Crippen molar-refractivity contribution in [3.63, 3.8) is 0 Å². The molecule has 2 atom stereocenters. The maximum Gasteiger partial charge on any atom is 0.272 e. The van der Waals surface area contributed by atoms with Gasteiger partial charge in [0.15, 0.2) is 0 Å². The van der Waals surface area contributed by atoms with Crippen molar-refractivity contribution in [1.82, 2.24) is 14.7 Å². The molecule has 2 aromatic heterocycles. The van der Waals surface area contributed by atoms with E-state index in [1.165, 1.54) is 12.3 Å². The molecule has 5 nitrogen and oxygen atoms in total. The van der Waals surface area contributed by atoms with Gasteiger partial charge in [-0.25, -0.2) is 8.78 Å². The van der Waals surface area contributed by atoms with E-state index in [1.54, 1.807) is 16.2 Å². The maximum atomic E-state index is 12.7. The van der Waals surface area contributed by atoms with E-state index < -0.39 is 13.0 Å². The normalized spacial score (nSPS) is 21.8. The number of amides is 1. The maximum absolute atomic E-state index is 12.7. The van der Waals surface area contributed by atoms with Crippen molar-refractivity contribution in [2.75, 3.05) is 13.1 Å². The Labute approximate surface area is 136 Å². The minimum Gasteiger partial charge on any atom is -0.367 e. The van der Waals surface area contributed by atoms with Gasteiger partial charge >= 0.3 is 0 Å². The predicted molar refractivity (Wildman–Crippen MR) is 81.7 cm³/mol. The molecule has 0 bridgehead atoms. The summed E-state index contributed by atoms with van der Waals surface area (Å²) in [6.45, 7) is 2.15. The summed E-state index contributed by atoms with van der Waals surface area (Å²) in [7, 11) is 0. The monoisotopic (exact) mass is 341 g/mol. The molecule has 3 rings (SSSR count). The molecule has 0 aromatic carbocycles. The highest BCUT2D eigenvalue weighted by atomic mass is 32.1. The Balaban J connectivity index is 1.77. The van der Waals surface area contributed by atoms with Crippen molar-refractivity contribution >= 4 is 17.2 Å². The molecule has 0 unspecified atom stereocenters. The molecule has 0 spiro atoms. The summed E-state index contributed by atoms with van der Waals surface area (Å²) in [4.78, 5) is 14.3. The van der Waals surface area contributed by atoms with E-state index in [2.05, 4.69) is 5.10 Å². The van der Waals surface area contributed by atoms with Crippen LogP contribution < -0.4 is 0 Å². The third-order valence-corrected chi connectivity index (χ3v) is 4.41. The summed E-state index contributed by atoms with van der Waals surface area (Å²) < 4.78 is 32.1. The molecule has 1 aliphatic heterocycles. The first-order valence-electron chi connectivity index (χ1n) is 7.31. The zero-order valence-electron chi connectivity index (χ0n) is 12.6. The fourth-order valence-corrected chi connectivity index (χ4v) is 3.41. The number of ether oxygens (including phenoxy) is 1. The summed E-state index contributed by atoms with van der Waals surface area (Å²) in [5.41, 5.74) is 1.21. The van der Waals surface area contributed by atoms with Crippen LogP contribution in [0.15, 0.2) is 29.1 Å². The van der Waals surface area contributed by atoms with E-state index >= 15 is 0 Å². The lowest BCUT2D eigenvalue weighted by Crippen LogP contribution is -2.46. The molecule has 1 saturated heterocycles. The van der Waals surface area contributed by atoms with Crippen molar-refractivity contribution < 1.29 is 18.3 Å². The predicted octanol–water partition coefficient (Wildman–Crippen LogP) is 2.81. The molecular formula is C15H17F2N3O2S. The lowest BCUT2D eigenvalue weighted by atomic mass is 10.1. The second kappa shape index (κ2) is 6.76. The van der Waals surface area contributed by atoms with Crippen molar-refractivity contribution in [2.45, 2.75) is 32.1 Å². The number of nitrogens with zero attached hydrogens (tertiary/aromatic N) is 3. The first-order valence-corrected chi connectivity index (χ1v) is 8.25. The van der Waals surface area contributed by atoms with E-state index in [9.17, 15) is 13.6 Å². The molecule has 23 heavy (non-hydrogen) atoms. The first kappa shape index (κ1) is 16.1. The van der Waals surface area contributed by atoms with Gasteiger partial charge in [0.05, 0.1) is 12.6 Å². The van der Waals surface area contributed by atoms with E-state index in [-0.39, 0.29) is 23.8 Å². The third kappa shape index (κ3) is 3.59. The molecule has 2 aromatic rings. The lowest BCUT2D eigenvalue weighted by Gasteiger charge is -2.36. The Bertz CT molecular complexity index is 659. The Morgan fingerprint density at radius 1 is 1.48 bits per heavy atom. The van der Waals surface area contributed by atoms with E-state index in [0.29, 0.717) is 13.1 Å². The summed E-state index contributed by atoms with van der Waals surface area (Å²) in [5, 5.41) is 7.77. The Morgan fingerprint density at radius 2 is 2.30 bits per heavy atom. The smallest absolute Gasteiger partial charge is 0.272 e. The number of rotatable bonds is 4. The van der Waals surface area contributed by atoms with Crippen LogP contribution in [0.5, 0.6) is 0 Å².